The molecule has 0 bridgehead atoms. The van der Waals surface area contributed by atoms with Crippen LogP contribution in [0.5, 0.6) is 11.5 Å². The van der Waals surface area contributed by atoms with Gasteiger partial charge in [0.05, 0.1) is 36.6 Å². The van der Waals surface area contributed by atoms with E-state index in [1.165, 1.54) is 6.07 Å². The van der Waals surface area contributed by atoms with Gasteiger partial charge in [0.25, 0.3) is 0 Å². The summed E-state index contributed by atoms with van der Waals surface area (Å²) < 4.78 is 16.1. The maximum Gasteiger partial charge on any atom is 0.333 e. The molecule has 2 aromatic carbocycles. The van der Waals surface area contributed by atoms with Gasteiger partial charge in [0.1, 0.15) is 11.5 Å². The zero-order valence-electron chi connectivity index (χ0n) is 22.3. The molecule has 206 valence electrons. The summed E-state index contributed by atoms with van der Waals surface area (Å²) in [6.07, 6.45) is 2.21. The molecule has 0 aliphatic heterocycles. The van der Waals surface area contributed by atoms with Crippen molar-refractivity contribution in [2.45, 2.75) is 39.5 Å². The zero-order valence-corrected chi connectivity index (χ0v) is 22.3. The van der Waals surface area contributed by atoms with Crippen LogP contribution in [0.4, 0.5) is 5.69 Å². The highest BCUT2D eigenvalue weighted by atomic mass is 16.5. The van der Waals surface area contributed by atoms with Gasteiger partial charge in [-0.25, -0.2) is 9.59 Å². The van der Waals surface area contributed by atoms with Crippen molar-refractivity contribution in [1.82, 2.24) is 0 Å². The van der Waals surface area contributed by atoms with Crippen molar-refractivity contribution in [3.8, 4) is 11.5 Å². The molecule has 0 atom stereocenters. The minimum Gasteiger partial charge on any atom is -0.507 e. The van der Waals surface area contributed by atoms with Gasteiger partial charge in [0.2, 0.25) is 0 Å². The normalized spacial score (nSPS) is 11.7. The van der Waals surface area contributed by atoms with Crippen molar-refractivity contribution >= 4 is 29.2 Å². The fourth-order valence-corrected chi connectivity index (χ4v) is 3.94. The lowest BCUT2D eigenvalue weighted by Crippen LogP contribution is -2.23. The van der Waals surface area contributed by atoms with E-state index in [2.05, 4.69) is 18.5 Å². The summed E-state index contributed by atoms with van der Waals surface area (Å²) in [5.74, 6) is -1.88. The predicted octanol–water partition coefficient (Wildman–Crippen LogP) is 4.76. The maximum atomic E-state index is 13.5. The van der Waals surface area contributed by atoms with Crippen LogP contribution >= 0.6 is 0 Å². The Hall–Kier alpha value is -4.40. The minimum absolute atomic E-state index is 0.0535. The minimum atomic E-state index is -0.458. The Morgan fingerprint density at radius 3 is 1.90 bits per heavy atom. The van der Waals surface area contributed by atoms with Gasteiger partial charge in [0.15, 0.2) is 11.6 Å². The quantitative estimate of drug-likeness (QED) is 0.130. The summed E-state index contributed by atoms with van der Waals surface area (Å²) in [6.45, 7) is 11.2. The van der Waals surface area contributed by atoms with Crippen molar-refractivity contribution in [3.05, 3.63) is 76.9 Å². The molecular weight excluding hydrogens is 502 g/mol. The van der Waals surface area contributed by atoms with Gasteiger partial charge in [-0.1, -0.05) is 37.4 Å². The summed E-state index contributed by atoms with van der Waals surface area (Å²) in [7, 11) is 0. The van der Waals surface area contributed by atoms with Crippen molar-refractivity contribution in [3.63, 3.8) is 0 Å². The van der Waals surface area contributed by atoms with Crippen LogP contribution in [0.15, 0.2) is 54.6 Å². The second-order valence-corrected chi connectivity index (χ2v) is 9.24. The van der Waals surface area contributed by atoms with Crippen LogP contribution in [0.2, 0.25) is 0 Å². The average Bonchev–Trinajstić information content (AvgIpc) is 2.91. The van der Waals surface area contributed by atoms with Crippen LogP contribution < -0.4 is 10.1 Å². The van der Waals surface area contributed by atoms with Crippen LogP contribution in [0.25, 0.3) is 0 Å². The zero-order chi connectivity index (χ0) is 28.5. The lowest BCUT2D eigenvalue weighted by atomic mass is 9.82. The van der Waals surface area contributed by atoms with Gasteiger partial charge in [-0.05, 0) is 39.5 Å². The van der Waals surface area contributed by atoms with Gasteiger partial charge in [-0.15, -0.1) is 0 Å². The molecule has 39 heavy (non-hydrogen) atoms. The molecule has 0 amide bonds. The summed E-state index contributed by atoms with van der Waals surface area (Å²) in [5.41, 5.74) is 1.41. The Morgan fingerprint density at radius 2 is 1.33 bits per heavy atom. The summed E-state index contributed by atoms with van der Waals surface area (Å²) in [5, 5.41) is 14.0. The first-order valence-corrected chi connectivity index (χ1v) is 12.7. The second-order valence-electron chi connectivity index (χ2n) is 9.24. The first-order chi connectivity index (χ1) is 18.6. The topological polar surface area (TPSA) is 128 Å². The third-order valence-electron chi connectivity index (χ3n) is 5.97. The van der Waals surface area contributed by atoms with E-state index in [4.69, 9.17) is 14.2 Å². The molecule has 9 heteroatoms. The van der Waals surface area contributed by atoms with E-state index in [1.54, 1.807) is 38.1 Å². The number of fused-ring (bicyclic) bond motifs is 2. The highest BCUT2D eigenvalue weighted by molar-refractivity contribution is 6.31. The van der Waals surface area contributed by atoms with E-state index in [-0.39, 0.29) is 53.6 Å². The number of phenols is 1. The molecule has 1 aliphatic carbocycles. The van der Waals surface area contributed by atoms with Crippen LogP contribution in [-0.2, 0) is 19.1 Å². The first-order valence-electron chi connectivity index (χ1n) is 12.7. The van der Waals surface area contributed by atoms with E-state index < -0.39 is 23.5 Å². The SMILES string of the molecule is C=C(C)C(=O)OCCCCNc1c(OCCCCOC(=O)C(=C)C)cc(O)c2c1C(=O)c1ccccc1C2=O. The molecule has 0 spiro atoms. The van der Waals surface area contributed by atoms with Gasteiger partial charge in [-0.2, -0.15) is 0 Å². The number of rotatable bonds is 14. The predicted molar refractivity (Wildman–Crippen MR) is 145 cm³/mol. The highest BCUT2D eigenvalue weighted by Crippen LogP contribution is 2.42. The number of hydrogen-bond acceptors (Lipinski definition) is 9. The number of phenolic OH excluding ortho intramolecular Hbond substituents is 1. The third kappa shape index (κ3) is 7.13. The van der Waals surface area contributed by atoms with E-state index in [0.717, 1.165) is 0 Å². The van der Waals surface area contributed by atoms with Crippen LogP contribution in [0.1, 0.15) is 71.4 Å². The molecule has 2 aromatic rings. The Labute approximate surface area is 227 Å². The molecule has 0 fully saturated rings. The molecule has 0 saturated carbocycles. The molecule has 2 N–H and O–H groups in total. The summed E-state index contributed by atoms with van der Waals surface area (Å²) in [6, 6.07) is 7.81. The van der Waals surface area contributed by atoms with Gasteiger partial charge in [-0.3, -0.25) is 9.59 Å². The van der Waals surface area contributed by atoms with E-state index in [0.29, 0.717) is 49.1 Å². The highest BCUT2D eigenvalue weighted by Gasteiger charge is 2.35. The number of carbonyl (C=O) groups excluding carboxylic acids is 4. The molecule has 0 radical (unpaired) electrons. The monoisotopic (exact) mass is 535 g/mol. The number of nitrogens with one attached hydrogen (secondary N) is 1. The largest absolute Gasteiger partial charge is 0.507 e. The number of esters is 2. The smallest absolute Gasteiger partial charge is 0.333 e. The number of ketones is 2. The molecule has 1 aliphatic rings. The van der Waals surface area contributed by atoms with Crippen molar-refractivity contribution < 1.29 is 38.5 Å². The van der Waals surface area contributed by atoms with Gasteiger partial charge < -0.3 is 24.6 Å². The molecular formula is C30H33NO8. The number of unbranched alkanes of at least 4 members (excludes halogenated alkanes) is 2. The number of hydrogen-bond donors (Lipinski definition) is 2. The fourth-order valence-electron chi connectivity index (χ4n) is 3.94. The standard InChI is InChI=1S/C30H33NO8/c1-18(2)29(35)38-15-8-7-13-31-26-23(37-14-9-10-16-39-30(36)19(3)4)17-22(32)24-25(26)28(34)21-12-6-5-11-20(21)27(24)33/h5-6,11-12,17,31-32H,1,3,7-10,13-16H2,2,4H3. The molecule has 9 nitrogen and oxygen atoms in total. The third-order valence-corrected chi connectivity index (χ3v) is 5.97. The van der Waals surface area contributed by atoms with Crippen molar-refractivity contribution in [2.75, 3.05) is 31.7 Å². The maximum absolute atomic E-state index is 13.5. The van der Waals surface area contributed by atoms with Crippen LogP contribution in [0.3, 0.4) is 0 Å². The lowest BCUT2D eigenvalue weighted by molar-refractivity contribution is -0.139. The molecule has 0 saturated heterocycles. The van der Waals surface area contributed by atoms with Crippen molar-refractivity contribution in [1.29, 1.82) is 0 Å². The van der Waals surface area contributed by atoms with Crippen LogP contribution in [-0.4, -0.2) is 55.0 Å². The molecule has 0 heterocycles. The number of aromatic hydroxyl groups is 1. The first kappa shape index (κ1) is 29.2. The van der Waals surface area contributed by atoms with E-state index in [9.17, 15) is 24.3 Å². The lowest BCUT2D eigenvalue weighted by Gasteiger charge is -2.24. The fraction of sp³-hybridized carbons (Fsp3) is 0.333. The molecule has 3 rings (SSSR count). The van der Waals surface area contributed by atoms with E-state index in [1.807, 2.05) is 0 Å². The number of carbonyl (C=O) groups is 4. The second kappa shape index (κ2) is 13.4. The number of benzene rings is 2. The summed E-state index contributed by atoms with van der Waals surface area (Å²) in [4.78, 5) is 49.8. The molecule has 0 unspecified atom stereocenters. The Morgan fingerprint density at radius 1 is 0.821 bits per heavy atom. The Balaban J connectivity index is 1.76. The van der Waals surface area contributed by atoms with Crippen LogP contribution in [0, 0.1) is 0 Å². The Kier molecular flexibility index (Phi) is 10.0. The summed E-state index contributed by atoms with van der Waals surface area (Å²) >= 11 is 0. The van der Waals surface area contributed by atoms with Gasteiger partial charge in [0, 0.05) is 34.9 Å². The molecule has 0 aromatic heterocycles. The Bertz CT molecular complexity index is 1310. The van der Waals surface area contributed by atoms with Gasteiger partial charge >= 0.3 is 11.9 Å². The number of anilines is 1. The van der Waals surface area contributed by atoms with Crippen molar-refractivity contribution in [2.24, 2.45) is 0 Å². The average molecular weight is 536 g/mol. The number of ether oxygens (including phenoxy) is 3. The van der Waals surface area contributed by atoms with E-state index >= 15 is 0 Å².